The zero-order chi connectivity index (χ0) is 11.3. The monoisotopic (exact) mass is 223 g/mol. The Labute approximate surface area is 98.8 Å². The molecule has 16 heavy (non-hydrogen) atoms. The lowest BCUT2D eigenvalue weighted by atomic mass is 9.49. The molecule has 2 N–H and O–H groups in total. The summed E-state index contributed by atoms with van der Waals surface area (Å²) in [6, 6.07) is 0.392. The molecule has 0 spiro atoms. The molecule has 0 saturated heterocycles. The summed E-state index contributed by atoms with van der Waals surface area (Å²) in [5, 5.41) is 13.8. The van der Waals surface area contributed by atoms with Crippen molar-refractivity contribution >= 4 is 0 Å². The average Bonchev–Trinajstić information content (AvgIpc) is 2.13. The quantitative estimate of drug-likeness (QED) is 0.721. The van der Waals surface area contributed by atoms with Crippen LogP contribution in [0.4, 0.5) is 0 Å². The second-order valence-corrected chi connectivity index (χ2v) is 7.00. The number of aliphatic hydroxyl groups excluding tert-OH is 1. The van der Waals surface area contributed by atoms with Crippen molar-refractivity contribution in [2.45, 2.75) is 64.6 Å². The molecule has 4 saturated carbocycles. The van der Waals surface area contributed by atoms with Crippen LogP contribution in [0, 0.1) is 23.2 Å². The van der Waals surface area contributed by atoms with Crippen molar-refractivity contribution in [3.05, 3.63) is 0 Å². The van der Waals surface area contributed by atoms with E-state index in [1.54, 1.807) is 0 Å². The SMILES string of the molecule is CC(C)NC(O)C12CC3CC(CC(C3)C1)C2. The number of rotatable bonds is 3. The van der Waals surface area contributed by atoms with Gasteiger partial charge in [0.25, 0.3) is 0 Å². The van der Waals surface area contributed by atoms with Gasteiger partial charge in [0.15, 0.2) is 0 Å². The smallest absolute Gasteiger partial charge is 0.110 e. The fourth-order valence-corrected chi connectivity index (χ4v) is 5.01. The predicted molar refractivity (Wildman–Crippen MR) is 64.9 cm³/mol. The van der Waals surface area contributed by atoms with Crippen molar-refractivity contribution in [1.29, 1.82) is 0 Å². The minimum Gasteiger partial charge on any atom is -0.378 e. The summed E-state index contributed by atoms with van der Waals surface area (Å²) >= 11 is 0. The van der Waals surface area contributed by atoms with Crippen molar-refractivity contribution < 1.29 is 5.11 Å². The summed E-state index contributed by atoms with van der Waals surface area (Å²) in [6.45, 7) is 4.26. The highest BCUT2D eigenvalue weighted by Gasteiger charge is 2.54. The summed E-state index contributed by atoms with van der Waals surface area (Å²) in [4.78, 5) is 0. The first kappa shape index (κ1) is 11.0. The van der Waals surface area contributed by atoms with Gasteiger partial charge in [-0.2, -0.15) is 0 Å². The second-order valence-electron chi connectivity index (χ2n) is 7.00. The van der Waals surface area contributed by atoms with Crippen molar-refractivity contribution in [1.82, 2.24) is 5.32 Å². The van der Waals surface area contributed by atoms with Crippen LogP contribution in [0.15, 0.2) is 0 Å². The highest BCUT2D eigenvalue weighted by Crippen LogP contribution is 2.60. The Kier molecular flexibility index (Phi) is 2.56. The van der Waals surface area contributed by atoms with Crippen LogP contribution < -0.4 is 5.32 Å². The van der Waals surface area contributed by atoms with Crippen LogP contribution >= 0.6 is 0 Å². The third-order valence-electron chi connectivity index (χ3n) is 5.16. The largest absolute Gasteiger partial charge is 0.378 e. The zero-order valence-corrected chi connectivity index (χ0v) is 10.6. The molecule has 4 bridgehead atoms. The Hall–Kier alpha value is -0.0800. The maximum absolute atomic E-state index is 10.5. The van der Waals surface area contributed by atoms with Gasteiger partial charge in [-0.05, 0) is 70.1 Å². The summed E-state index contributed by atoms with van der Waals surface area (Å²) in [7, 11) is 0. The van der Waals surface area contributed by atoms with Gasteiger partial charge in [-0.1, -0.05) is 0 Å². The highest BCUT2D eigenvalue weighted by atomic mass is 16.3. The number of hydrogen-bond donors (Lipinski definition) is 2. The molecule has 1 unspecified atom stereocenters. The van der Waals surface area contributed by atoms with Crippen LogP contribution in [-0.4, -0.2) is 17.4 Å². The van der Waals surface area contributed by atoms with Gasteiger partial charge in [0, 0.05) is 11.5 Å². The third kappa shape index (κ3) is 1.70. The van der Waals surface area contributed by atoms with Crippen LogP contribution in [0.3, 0.4) is 0 Å². The molecule has 0 aromatic carbocycles. The van der Waals surface area contributed by atoms with Gasteiger partial charge >= 0.3 is 0 Å². The van der Waals surface area contributed by atoms with E-state index in [9.17, 15) is 5.11 Å². The number of aliphatic hydroxyl groups is 1. The molecule has 1 atom stereocenters. The molecule has 2 nitrogen and oxygen atoms in total. The molecular weight excluding hydrogens is 198 g/mol. The van der Waals surface area contributed by atoms with Crippen molar-refractivity contribution in [3.8, 4) is 0 Å². The molecule has 4 fully saturated rings. The lowest BCUT2D eigenvalue weighted by Crippen LogP contribution is -2.57. The minimum atomic E-state index is -0.263. The van der Waals surface area contributed by atoms with Gasteiger partial charge in [-0.25, -0.2) is 0 Å². The van der Waals surface area contributed by atoms with Gasteiger partial charge in [0.05, 0.1) is 0 Å². The minimum absolute atomic E-state index is 0.235. The Morgan fingerprint density at radius 2 is 1.44 bits per heavy atom. The predicted octanol–water partition coefficient (Wildman–Crippen LogP) is 2.52. The zero-order valence-electron chi connectivity index (χ0n) is 10.6. The molecule has 0 aliphatic heterocycles. The third-order valence-corrected chi connectivity index (χ3v) is 5.16. The standard InChI is InChI=1S/C14H25NO/c1-9(2)15-13(16)14-6-10-3-11(7-14)5-12(4-10)8-14/h9-13,15-16H,3-8H2,1-2H3. The Morgan fingerprint density at radius 3 is 1.81 bits per heavy atom. The Bertz CT molecular complexity index is 239. The molecule has 4 aliphatic carbocycles. The molecule has 4 rings (SSSR count). The van der Waals surface area contributed by atoms with Gasteiger partial charge in [-0.15, -0.1) is 0 Å². The molecule has 0 aromatic heterocycles. The lowest BCUT2D eigenvalue weighted by Gasteiger charge is -2.58. The molecule has 0 aromatic rings. The molecule has 92 valence electrons. The lowest BCUT2D eigenvalue weighted by molar-refractivity contribution is -0.132. The normalized spacial score (nSPS) is 47.6. The maximum Gasteiger partial charge on any atom is 0.110 e. The molecule has 0 amide bonds. The van der Waals surface area contributed by atoms with Gasteiger partial charge in [0.1, 0.15) is 6.23 Å². The first-order valence-corrected chi connectivity index (χ1v) is 7.01. The van der Waals surface area contributed by atoms with Crippen LogP contribution in [0.5, 0.6) is 0 Å². The molecular formula is C14H25NO. The second kappa shape index (κ2) is 3.71. The van der Waals surface area contributed by atoms with Crippen molar-refractivity contribution in [2.75, 3.05) is 0 Å². The summed E-state index contributed by atoms with van der Waals surface area (Å²) in [5.41, 5.74) is 0.235. The summed E-state index contributed by atoms with van der Waals surface area (Å²) in [5.74, 6) is 2.78. The number of nitrogens with one attached hydrogen (secondary N) is 1. The van der Waals surface area contributed by atoms with Crippen LogP contribution in [-0.2, 0) is 0 Å². The highest BCUT2D eigenvalue weighted by molar-refractivity contribution is 5.03. The van der Waals surface area contributed by atoms with E-state index in [2.05, 4.69) is 19.2 Å². The van der Waals surface area contributed by atoms with E-state index < -0.39 is 0 Å². The molecule has 2 heteroatoms. The molecule has 0 radical (unpaired) electrons. The van der Waals surface area contributed by atoms with E-state index in [0.29, 0.717) is 6.04 Å². The fourth-order valence-electron chi connectivity index (χ4n) is 5.01. The van der Waals surface area contributed by atoms with Crippen LogP contribution in [0.1, 0.15) is 52.4 Å². The first-order chi connectivity index (χ1) is 7.57. The van der Waals surface area contributed by atoms with Gasteiger partial charge < -0.3 is 5.11 Å². The van der Waals surface area contributed by atoms with Gasteiger partial charge in [0.2, 0.25) is 0 Å². The van der Waals surface area contributed by atoms with Crippen LogP contribution in [0.25, 0.3) is 0 Å². The topological polar surface area (TPSA) is 32.3 Å². The van der Waals surface area contributed by atoms with E-state index in [1.165, 1.54) is 38.5 Å². The fraction of sp³-hybridized carbons (Fsp3) is 1.00. The van der Waals surface area contributed by atoms with Crippen molar-refractivity contribution in [3.63, 3.8) is 0 Å². The van der Waals surface area contributed by atoms with E-state index >= 15 is 0 Å². The summed E-state index contributed by atoms with van der Waals surface area (Å²) < 4.78 is 0. The van der Waals surface area contributed by atoms with Crippen molar-refractivity contribution in [2.24, 2.45) is 23.2 Å². The van der Waals surface area contributed by atoms with E-state index in [4.69, 9.17) is 0 Å². The molecule has 0 heterocycles. The maximum atomic E-state index is 10.5. The Balaban J connectivity index is 1.77. The number of hydrogen-bond acceptors (Lipinski definition) is 2. The van der Waals surface area contributed by atoms with E-state index in [0.717, 1.165) is 17.8 Å². The average molecular weight is 223 g/mol. The molecule has 4 aliphatic rings. The van der Waals surface area contributed by atoms with Gasteiger partial charge in [-0.3, -0.25) is 5.32 Å². The van der Waals surface area contributed by atoms with Crippen LogP contribution in [0.2, 0.25) is 0 Å². The van der Waals surface area contributed by atoms with E-state index in [1.807, 2.05) is 0 Å². The summed E-state index contributed by atoms with van der Waals surface area (Å²) in [6.07, 6.45) is 7.93. The van der Waals surface area contributed by atoms with E-state index in [-0.39, 0.29) is 11.6 Å². The Morgan fingerprint density at radius 1 is 1.00 bits per heavy atom. The first-order valence-electron chi connectivity index (χ1n) is 7.01.